The molecule has 1 fully saturated rings. The molecule has 0 bridgehead atoms. The molecule has 20 heavy (non-hydrogen) atoms. The number of hydrogen-bond acceptors (Lipinski definition) is 4. The summed E-state index contributed by atoms with van der Waals surface area (Å²) in [6, 6.07) is 0.265. The smallest absolute Gasteiger partial charge is 0.262 e. The third-order valence-corrected chi connectivity index (χ3v) is 5.49. The van der Waals surface area contributed by atoms with Gasteiger partial charge in [-0.25, -0.2) is 13.4 Å². The van der Waals surface area contributed by atoms with Crippen molar-refractivity contribution in [2.24, 2.45) is 7.05 Å². The minimum atomic E-state index is -3.49. The number of aromatic nitrogens is 2. The Morgan fingerprint density at radius 3 is 2.80 bits per heavy atom. The Labute approximate surface area is 121 Å². The maximum absolute atomic E-state index is 12.7. The van der Waals surface area contributed by atoms with Crippen LogP contribution < -0.4 is 5.32 Å². The largest absolute Gasteiger partial charge is 0.337 e. The molecule has 0 radical (unpaired) electrons. The zero-order valence-corrected chi connectivity index (χ0v) is 13.3. The van der Waals surface area contributed by atoms with E-state index in [1.807, 2.05) is 20.9 Å². The van der Waals surface area contributed by atoms with Crippen LogP contribution in [0.4, 0.5) is 0 Å². The summed E-state index contributed by atoms with van der Waals surface area (Å²) in [6.07, 6.45) is 4.55. The Kier molecular flexibility index (Phi) is 4.82. The van der Waals surface area contributed by atoms with E-state index in [1.54, 1.807) is 15.1 Å². The summed E-state index contributed by atoms with van der Waals surface area (Å²) in [5, 5.41) is 3.51. The van der Waals surface area contributed by atoms with Gasteiger partial charge in [0, 0.05) is 32.4 Å². The van der Waals surface area contributed by atoms with Gasteiger partial charge in [-0.2, -0.15) is 4.31 Å². The van der Waals surface area contributed by atoms with Crippen molar-refractivity contribution in [3.05, 3.63) is 12.0 Å². The monoisotopic (exact) mass is 300 g/mol. The van der Waals surface area contributed by atoms with Gasteiger partial charge < -0.3 is 9.88 Å². The molecule has 0 amide bonds. The first-order valence-corrected chi connectivity index (χ1v) is 8.62. The van der Waals surface area contributed by atoms with Crippen LogP contribution in [-0.4, -0.2) is 48.0 Å². The quantitative estimate of drug-likeness (QED) is 0.847. The summed E-state index contributed by atoms with van der Waals surface area (Å²) in [6.45, 7) is 5.85. The van der Waals surface area contributed by atoms with Gasteiger partial charge in [-0.15, -0.1) is 0 Å². The van der Waals surface area contributed by atoms with Crippen LogP contribution in [-0.2, 0) is 17.1 Å². The molecule has 114 valence electrons. The second kappa shape index (κ2) is 6.24. The molecule has 0 aliphatic carbocycles. The highest BCUT2D eigenvalue weighted by atomic mass is 32.2. The SMILES string of the molecule is CCCN(CC1CCCN1)S(=O)(=O)c1cn(C)c(C)n1. The Balaban J connectivity index is 2.21. The van der Waals surface area contributed by atoms with Gasteiger partial charge in [0.05, 0.1) is 0 Å². The van der Waals surface area contributed by atoms with Gasteiger partial charge in [0.1, 0.15) is 5.82 Å². The number of hydrogen-bond donors (Lipinski definition) is 1. The van der Waals surface area contributed by atoms with Crippen LogP contribution in [0.5, 0.6) is 0 Å². The van der Waals surface area contributed by atoms with E-state index < -0.39 is 10.0 Å². The normalized spacial score (nSPS) is 19.9. The van der Waals surface area contributed by atoms with Gasteiger partial charge in [0.2, 0.25) is 0 Å². The fourth-order valence-corrected chi connectivity index (χ4v) is 4.10. The van der Waals surface area contributed by atoms with E-state index in [4.69, 9.17) is 0 Å². The number of rotatable bonds is 6. The number of nitrogens with zero attached hydrogens (tertiary/aromatic N) is 3. The highest BCUT2D eigenvalue weighted by Crippen LogP contribution is 2.17. The summed E-state index contributed by atoms with van der Waals surface area (Å²) in [5.41, 5.74) is 0. The fourth-order valence-electron chi connectivity index (χ4n) is 2.50. The Bertz CT molecular complexity index is 527. The highest BCUT2D eigenvalue weighted by molar-refractivity contribution is 7.89. The average Bonchev–Trinajstić information content (AvgIpc) is 3.00. The van der Waals surface area contributed by atoms with Crippen molar-refractivity contribution in [2.45, 2.75) is 44.2 Å². The van der Waals surface area contributed by atoms with Crippen molar-refractivity contribution in [2.75, 3.05) is 19.6 Å². The molecule has 1 atom stereocenters. The van der Waals surface area contributed by atoms with Crippen molar-refractivity contribution in [1.29, 1.82) is 0 Å². The molecule has 2 rings (SSSR count). The fraction of sp³-hybridized carbons (Fsp3) is 0.769. The molecule has 1 aromatic heterocycles. The molecule has 0 aromatic carbocycles. The summed E-state index contributed by atoms with van der Waals surface area (Å²) in [5.74, 6) is 0.707. The summed E-state index contributed by atoms with van der Waals surface area (Å²) in [4.78, 5) is 4.17. The molecule has 0 spiro atoms. The van der Waals surface area contributed by atoms with Crippen LogP contribution in [0.3, 0.4) is 0 Å². The lowest BCUT2D eigenvalue weighted by Gasteiger charge is -2.23. The second-order valence-corrected chi connectivity index (χ2v) is 7.28. The van der Waals surface area contributed by atoms with Crippen LogP contribution in [0.25, 0.3) is 0 Å². The molecule has 1 aromatic rings. The van der Waals surface area contributed by atoms with Crippen LogP contribution in [0.15, 0.2) is 11.2 Å². The lowest BCUT2D eigenvalue weighted by molar-refractivity contribution is 0.368. The van der Waals surface area contributed by atoms with Crippen molar-refractivity contribution < 1.29 is 8.42 Å². The lowest BCUT2D eigenvalue weighted by atomic mass is 10.2. The highest BCUT2D eigenvalue weighted by Gasteiger charge is 2.29. The van der Waals surface area contributed by atoms with Gasteiger partial charge in [0.25, 0.3) is 10.0 Å². The topological polar surface area (TPSA) is 67.2 Å². The third-order valence-electron chi connectivity index (χ3n) is 3.75. The van der Waals surface area contributed by atoms with Crippen LogP contribution in [0.1, 0.15) is 32.0 Å². The molecule has 2 heterocycles. The van der Waals surface area contributed by atoms with Crippen LogP contribution >= 0.6 is 0 Å². The van der Waals surface area contributed by atoms with Gasteiger partial charge in [0.15, 0.2) is 5.03 Å². The molecular formula is C13H24N4O2S. The van der Waals surface area contributed by atoms with Gasteiger partial charge in [-0.05, 0) is 32.7 Å². The minimum absolute atomic E-state index is 0.156. The minimum Gasteiger partial charge on any atom is -0.337 e. The Morgan fingerprint density at radius 2 is 2.30 bits per heavy atom. The molecule has 6 nitrogen and oxygen atoms in total. The first kappa shape index (κ1) is 15.5. The predicted molar refractivity (Wildman–Crippen MR) is 78.0 cm³/mol. The third kappa shape index (κ3) is 3.21. The standard InChI is InChI=1S/C13H24N4O2S/c1-4-8-17(9-12-6-5-7-14-12)20(18,19)13-10-16(3)11(2)15-13/h10,12,14H,4-9H2,1-3H3. The van der Waals surface area contributed by atoms with Crippen molar-refractivity contribution in [3.63, 3.8) is 0 Å². The average molecular weight is 300 g/mol. The number of imidazole rings is 1. The molecule has 1 unspecified atom stereocenters. The first-order valence-electron chi connectivity index (χ1n) is 7.18. The molecule has 1 saturated heterocycles. The molecule has 7 heteroatoms. The zero-order chi connectivity index (χ0) is 14.8. The van der Waals surface area contributed by atoms with Crippen LogP contribution in [0, 0.1) is 6.92 Å². The van der Waals surface area contributed by atoms with E-state index in [1.165, 1.54) is 0 Å². The van der Waals surface area contributed by atoms with E-state index in [9.17, 15) is 8.42 Å². The zero-order valence-electron chi connectivity index (χ0n) is 12.5. The van der Waals surface area contributed by atoms with Crippen molar-refractivity contribution in [1.82, 2.24) is 19.2 Å². The number of nitrogens with one attached hydrogen (secondary N) is 1. The Morgan fingerprint density at radius 1 is 1.55 bits per heavy atom. The van der Waals surface area contributed by atoms with Gasteiger partial charge >= 0.3 is 0 Å². The molecule has 0 saturated carbocycles. The maximum atomic E-state index is 12.7. The van der Waals surface area contributed by atoms with Crippen molar-refractivity contribution >= 4 is 10.0 Å². The predicted octanol–water partition coefficient (Wildman–Crippen LogP) is 0.881. The van der Waals surface area contributed by atoms with E-state index in [2.05, 4.69) is 10.3 Å². The van der Waals surface area contributed by atoms with E-state index in [0.717, 1.165) is 25.8 Å². The molecular weight excluding hydrogens is 276 g/mol. The van der Waals surface area contributed by atoms with Crippen LogP contribution in [0.2, 0.25) is 0 Å². The summed E-state index contributed by atoms with van der Waals surface area (Å²) in [7, 11) is -1.68. The van der Waals surface area contributed by atoms with E-state index >= 15 is 0 Å². The van der Waals surface area contributed by atoms with E-state index in [-0.39, 0.29) is 11.1 Å². The number of sulfonamides is 1. The van der Waals surface area contributed by atoms with E-state index in [0.29, 0.717) is 18.9 Å². The second-order valence-electron chi connectivity index (χ2n) is 5.39. The van der Waals surface area contributed by atoms with Crippen molar-refractivity contribution in [3.8, 4) is 0 Å². The molecule has 1 aliphatic rings. The molecule has 1 aliphatic heterocycles. The maximum Gasteiger partial charge on any atom is 0.262 e. The van der Waals surface area contributed by atoms with Gasteiger partial charge in [-0.1, -0.05) is 6.92 Å². The van der Waals surface area contributed by atoms with Gasteiger partial charge in [-0.3, -0.25) is 0 Å². The lowest BCUT2D eigenvalue weighted by Crippen LogP contribution is -2.41. The Hall–Kier alpha value is -0.920. The summed E-state index contributed by atoms with van der Waals surface area (Å²) >= 11 is 0. The molecule has 1 N–H and O–H groups in total. The first-order chi connectivity index (χ1) is 9.45. The number of aryl methyl sites for hydroxylation is 2. The summed E-state index contributed by atoms with van der Waals surface area (Å²) < 4.78 is 28.7.